The maximum Gasteiger partial charge on any atom is 0.179 e. The Morgan fingerprint density at radius 1 is 1.22 bits per heavy atom. The molecule has 0 bridgehead atoms. The highest BCUT2D eigenvalue weighted by atomic mass is 35.5. The molecule has 5 atom stereocenters. The number of ketones is 1. The Bertz CT molecular complexity index is 790. The Hall–Kier alpha value is -1.61. The van der Waals surface area contributed by atoms with Crippen LogP contribution in [-0.4, -0.2) is 69.5 Å². The zero-order chi connectivity index (χ0) is 19.7. The molecule has 27 heavy (non-hydrogen) atoms. The summed E-state index contributed by atoms with van der Waals surface area (Å²) in [5.74, 6) is -0.0140. The van der Waals surface area contributed by atoms with Gasteiger partial charge in [0.2, 0.25) is 0 Å². The molecule has 146 valence electrons. The van der Waals surface area contributed by atoms with Crippen LogP contribution in [0.4, 0.5) is 0 Å². The molecule has 1 saturated heterocycles. The number of rotatable bonds is 4. The van der Waals surface area contributed by atoms with Crippen molar-refractivity contribution >= 4 is 23.1 Å². The fraction of sp³-hybridized carbons (Fsp3) is 0.474. The second-order valence-corrected chi connectivity index (χ2v) is 7.24. The van der Waals surface area contributed by atoms with Crippen LogP contribution in [0.2, 0.25) is 5.02 Å². The first-order valence-electron chi connectivity index (χ1n) is 8.65. The summed E-state index contributed by atoms with van der Waals surface area (Å²) in [6.45, 7) is 1.36. The van der Waals surface area contributed by atoms with Crippen molar-refractivity contribution in [1.29, 1.82) is 0 Å². The quantitative estimate of drug-likeness (QED) is 0.584. The summed E-state index contributed by atoms with van der Waals surface area (Å²) in [7, 11) is 0. The van der Waals surface area contributed by atoms with Crippen LogP contribution in [0.1, 0.15) is 24.2 Å². The van der Waals surface area contributed by atoms with Crippen LogP contribution in [0.5, 0.6) is 0 Å². The van der Waals surface area contributed by atoms with E-state index in [4.69, 9.17) is 16.3 Å². The fourth-order valence-electron chi connectivity index (χ4n) is 3.26. The lowest BCUT2D eigenvalue weighted by molar-refractivity contribution is -0.231. The third-order valence-electron chi connectivity index (χ3n) is 4.91. The van der Waals surface area contributed by atoms with Crippen LogP contribution in [0.15, 0.2) is 34.8 Å². The molecule has 1 fully saturated rings. The molecular weight excluding hydrogens is 374 g/mol. The molecule has 1 aromatic rings. The van der Waals surface area contributed by atoms with Gasteiger partial charge in [-0.25, -0.2) is 0 Å². The number of aliphatic hydroxyl groups is 4. The number of ether oxygens (including phenoxy) is 1. The number of hydrogen-bond acceptors (Lipinski definition) is 7. The lowest BCUT2D eigenvalue weighted by atomic mass is 9.90. The Morgan fingerprint density at radius 3 is 2.63 bits per heavy atom. The van der Waals surface area contributed by atoms with Gasteiger partial charge in [0.25, 0.3) is 0 Å². The molecule has 2 aliphatic heterocycles. The van der Waals surface area contributed by atoms with Gasteiger partial charge >= 0.3 is 0 Å². The Morgan fingerprint density at radius 2 is 1.96 bits per heavy atom. The molecule has 0 aromatic heterocycles. The zero-order valence-electron chi connectivity index (χ0n) is 14.7. The summed E-state index contributed by atoms with van der Waals surface area (Å²) < 4.78 is 5.59. The lowest BCUT2D eigenvalue weighted by Gasteiger charge is -2.40. The van der Waals surface area contributed by atoms with Gasteiger partial charge in [-0.3, -0.25) is 9.79 Å². The predicted molar refractivity (Wildman–Crippen MR) is 98.9 cm³/mol. The van der Waals surface area contributed by atoms with Crippen molar-refractivity contribution in [2.24, 2.45) is 4.99 Å². The highest BCUT2D eigenvalue weighted by Gasteiger charge is 2.44. The van der Waals surface area contributed by atoms with Gasteiger partial charge in [-0.15, -0.1) is 0 Å². The molecule has 3 rings (SSSR count). The van der Waals surface area contributed by atoms with Crippen molar-refractivity contribution in [2.45, 2.75) is 43.9 Å². The van der Waals surface area contributed by atoms with Crippen LogP contribution < -0.4 is 0 Å². The highest BCUT2D eigenvalue weighted by Crippen LogP contribution is 2.34. The number of carbonyl (C=O) groups is 1. The molecule has 0 amide bonds. The normalized spacial score (nSPS) is 31.5. The lowest BCUT2D eigenvalue weighted by Crippen LogP contribution is -2.55. The minimum atomic E-state index is -1.45. The molecule has 0 radical (unpaired) electrons. The molecule has 8 heteroatoms. The molecule has 2 heterocycles. The van der Waals surface area contributed by atoms with Crippen LogP contribution in [-0.2, 0) is 16.0 Å². The van der Waals surface area contributed by atoms with E-state index in [9.17, 15) is 25.2 Å². The van der Waals surface area contributed by atoms with Gasteiger partial charge in [-0.2, -0.15) is 0 Å². The Balaban J connectivity index is 1.86. The van der Waals surface area contributed by atoms with E-state index in [2.05, 4.69) is 4.99 Å². The highest BCUT2D eigenvalue weighted by molar-refractivity contribution is 6.31. The average molecular weight is 396 g/mol. The summed E-state index contributed by atoms with van der Waals surface area (Å²) in [5.41, 5.74) is 2.64. The van der Waals surface area contributed by atoms with E-state index in [-0.39, 0.29) is 12.3 Å². The van der Waals surface area contributed by atoms with Gasteiger partial charge < -0.3 is 25.2 Å². The third kappa shape index (κ3) is 4.13. The number of hydrogen-bond donors (Lipinski definition) is 4. The van der Waals surface area contributed by atoms with Crippen LogP contribution in [0.25, 0.3) is 0 Å². The zero-order valence-corrected chi connectivity index (χ0v) is 15.5. The minimum Gasteiger partial charge on any atom is -0.394 e. The molecule has 4 N–H and O–H groups in total. The van der Waals surface area contributed by atoms with Crippen molar-refractivity contribution in [3.05, 3.63) is 46.0 Å². The van der Waals surface area contributed by atoms with E-state index in [0.717, 1.165) is 11.3 Å². The third-order valence-corrected chi connectivity index (χ3v) is 5.28. The predicted octanol–water partition coefficient (Wildman–Crippen LogP) is 0.367. The van der Waals surface area contributed by atoms with Gasteiger partial charge in [-0.1, -0.05) is 23.7 Å². The first kappa shape index (κ1) is 20.1. The smallest absolute Gasteiger partial charge is 0.179 e. The van der Waals surface area contributed by atoms with Gasteiger partial charge in [-0.05, 0) is 35.8 Å². The van der Waals surface area contributed by atoms with Crippen molar-refractivity contribution in [3.63, 3.8) is 0 Å². The maximum atomic E-state index is 11.6. The van der Waals surface area contributed by atoms with E-state index >= 15 is 0 Å². The fourth-order valence-corrected chi connectivity index (χ4v) is 3.44. The number of carbonyl (C=O) groups excluding carboxylic acids is 1. The first-order valence-corrected chi connectivity index (χ1v) is 9.03. The van der Waals surface area contributed by atoms with Gasteiger partial charge in [0, 0.05) is 17.2 Å². The topological polar surface area (TPSA) is 120 Å². The van der Waals surface area contributed by atoms with Gasteiger partial charge in [0.15, 0.2) is 5.78 Å². The van der Waals surface area contributed by atoms with Crippen LogP contribution >= 0.6 is 11.6 Å². The summed E-state index contributed by atoms with van der Waals surface area (Å²) >= 11 is 6.29. The average Bonchev–Trinajstić information content (AvgIpc) is 2.65. The van der Waals surface area contributed by atoms with Crippen molar-refractivity contribution in [2.75, 3.05) is 13.2 Å². The van der Waals surface area contributed by atoms with Crippen molar-refractivity contribution in [3.8, 4) is 0 Å². The van der Waals surface area contributed by atoms with E-state index < -0.39 is 37.1 Å². The summed E-state index contributed by atoms with van der Waals surface area (Å²) in [5, 5.41) is 40.0. The van der Waals surface area contributed by atoms with Gasteiger partial charge in [0.1, 0.15) is 37.1 Å². The summed E-state index contributed by atoms with van der Waals surface area (Å²) in [4.78, 5) is 15.8. The Labute approximate surface area is 161 Å². The first-order chi connectivity index (χ1) is 12.8. The Kier molecular flexibility index (Phi) is 6.10. The standard InChI is InChI=1S/C19H22ClNO6/c1-9-4-12(21-7-14(9)23)6-11-5-10(2-3-13(11)20)19-18(26)17(25)16(24)15(8-22)27-19/h2-5,15-19,22,24-26H,6-8H2,1H3/t15-,16-,17+,18-,19+/m1/s1. The number of aliphatic imine (C=N–C) groups is 1. The molecule has 2 aliphatic rings. The number of benzene rings is 1. The molecule has 0 aliphatic carbocycles. The molecular formula is C19H22ClNO6. The SMILES string of the molecule is CC1=CC(Cc2cc([C@@H]3O[C@H](CO)[C@@H](O)[C@H](O)[C@H]3O)ccc2Cl)=NCC1=O. The molecule has 0 unspecified atom stereocenters. The number of nitrogens with zero attached hydrogens (tertiary/aromatic N) is 1. The minimum absolute atomic E-state index is 0.0140. The maximum absolute atomic E-state index is 11.6. The second kappa shape index (κ2) is 8.18. The van der Waals surface area contributed by atoms with Crippen LogP contribution in [0.3, 0.4) is 0 Å². The van der Waals surface area contributed by atoms with Crippen LogP contribution in [0, 0.1) is 0 Å². The molecule has 1 aromatic carbocycles. The number of dihydropyridines is 1. The summed E-state index contributed by atoms with van der Waals surface area (Å²) in [6.07, 6.45) is -3.99. The number of halogens is 1. The van der Waals surface area contributed by atoms with E-state index in [1.54, 1.807) is 31.2 Å². The number of Topliss-reactive ketones (excluding diaryl/α,β-unsaturated/α-hetero) is 1. The molecule has 0 spiro atoms. The monoisotopic (exact) mass is 395 g/mol. The van der Waals surface area contributed by atoms with E-state index in [1.165, 1.54) is 0 Å². The van der Waals surface area contributed by atoms with E-state index in [0.29, 0.717) is 22.6 Å². The number of allylic oxidation sites excluding steroid dienone is 1. The second-order valence-electron chi connectivity index (χ2n) is 6.84. The largest absolute Gasteiger partial charge is 0.394 e. The van der Waals surface area contributed by atoms with Crippen molar-refractivity contribution < 1.29 is 30.0 Å². The molecule has 0 saturated carbocycles. The van der Waals surface area contributed by atoms with Gasteiger partial charge in [0.05, 0.1) is 6.61 Å². The molecule has 7 nitrogen and oxygen atoms in total. The van der Waals surface area contributed by atoms with E-state index in [1.807, 2.05) is 0 Å². The van der Waals surface area contributed by atoms with Crippen molar-refractivity contribution in [1.82, 2.24) is 0 Å². The summed E-state index contributed by atoms with van der Waals surface area (Å²) in [6, 6.07) is 5.04. The number of aliphatic hydroxyl groups excluding tert-OH is 4.